The Bertz CT molecular complexity index is 363. The van der Waals surface area contributed by atoms with Gasteiger partial charge in [-0.05, 0) is 25.6 Å². The van der Waals surface area contributed by atoms with E-state index in [1.165, 1.54) is 5.56 Å². The lowest BCUT2D eigenvalue weighted by Crippen LogP contribution is -2.42. The zero-order valence-electron chi connectivity index (χ0n) is 9.81. The molecule has 3 nitrogen and oxygen atoms in total. The van der Waals surface area contributed by atoms with Gasteiger partial charge in [0.15, 0.2) is 0 Å². The van der Waals surface area contributed by atoms with Gasteiger partial charge in [0.05, 0.1) is 6.04 Å². The summed E-state index contributed by atoms with van der Waals surface area (Å²) in [6.07, 6.45) is 1.05. The van der Waals surface area contributed by atoms with E-state index < -0.39 is 0 Å². The summed E-state index contributed by atoms with van der Waals surface area (Å²) in [5.74, 6) is 0.444. The first-order valence-electron chi connectivity index (χ1n) is 5.71. The summed E-state index contributed by atoms with van der Waals surface area (Å²) in [6, 6.07) is 10.3. The van der Waals surface area contributed by atoms with Crippen molar-refractivity contribution in [1.82, 2.24) is 10.2 Å². The van der Waals surface area contributed by atoms with E-state index >= 15 is 0 Å². The highest BCUT2D eigenvalue weighted by Crippen LogP contribution is 2.32. The van der Waals surface area contributed by atoms with Crippen molar-refractivity contribution in [3.05, 3.63) is 35.9 Å². The molecule has 16 heavy (non-hydrogen) atoms. The first-order valence-corrected chi connectivity index (χ1v) is 5.71. The molecule has 3 heteroatoms. The van der Waals surface area contributed by atoms with Crippen LogP contribution >= 0.6 is 0 Å². The smallest absolute Gasteiger partial charge is 0.237 e. The second kappa shape index (κ2) is 4.66. The van der Waals surface area contributed by atoms with E-state index in [9.17, 15) is 4.79 Å². The molecule has 1 saturated heterocycles. The summed E-state index contributed by atoms with van der Waals surface area (Å²) in [5.41, 5.74) is 1.26. The number of benzene rings is 1. The van der Waals surface area contributed by atoms with Crippen molar-refractivity contribution >= 4 is 5.91 Å². The van der Waals surface area contributed by atoms with Gasteiger partial charge in [-0.3, -0.25) is 9.69 Å². The summed E-state index contributed by atoms with van der Waals surface area (Å²) >= 11 is 0. The number of hydrogen-bond donors (Lipinski definition) is 1. The predicted molar refractivity (Wildman–Crippen MR) is 64.3 cm³/mol. The number of rotatable bonds is 2. The van der Waals surface area contributed by atoms with Crippen molar-refractivity contribution in [1.29, 1.82) is 0 Å². The molecule has 0 spiro atoms. The molecule has 0 aromatic heterocycles. The van der Waals surface area contributed by atoms with Crippen molar-refractivity contribution in [2.75, 3.05) is 20.6 Å². The van der Waals surface area contributed by atoms with Crippen LogP contribution in [0.1, 0.15) is 17.9 Å². The average Bonchev–Trinajstić information content (AvgIpc) is 2.71. The molecule has 1 aromatic carbocycles. The van der Waals surface area contributed by atoms with Crippen LogP contribution < -0.4 is 5.32 Å². The molecule has 0 saturated carbocycles. The zero-order valence-corrected chi connectivity index (χ0v) is 9.81. The minimum absolute atomic E-state index is 0.0209. The van der Waals surface area contributed by atoms with E-state index in [0.717, 1.165) is 13.0 Å². The van der Waals surface area contributed by atoms with Gasteiger partial charge in [0, 0.05) is 13.0 Å². The molecular formula is C13H18N2O. The number of likely N-dealkylation sites (tertiary alicyclic amines) is 1. The Labute approximate surface area is 96.5 Å². The zero-order chi connectivity index (χ0) is 11.5. The first-order chi connectivity index (χ1) is 7.74. The fourth-order valence-corrected chi connectivity index (χ4v) is 2.53. The highest BCUT2D eigenvalue weighted by Gasteiger charge is 2.37. The number of likely N-dealkylation sites (N-methyl/N-ethyl adjacent to an activating group) is 2. The topological polar surface area (TPSA) is 32.3 Å². The number of nitrogens with zero attached hydrogens (tertiary/aromatic N) is 1. The monoisotopic (exact) mass is 218 g/mol. The summed E-state index contributed by atoms with van der Waals surface area (Å²) < 4.78 is 0. The van der Waals surface area contributed by atoms with E-state index in [2.05, 4.69) is 22.3 Å². The number of carbonyl (C=O) groups excluding carboxylic acids is 1. The lowest BCUT2D eigenvalue weighted by molar-refractivity contribution is -0.124. The number of nitrogens with one attached hydrogen (secondary N) is 1. The lowest BCUT2D eigenvalue weighted by Gasteiger charge is -2.23. The van der Waals surface area contributed by atoms with Crippen LogP contribution in [0.5, 0.6) is 0 Å². The van der Waals surface area contributed by atoms with Gasteiger partial charge in [-0.2, -0.15) is 0 Å². The Balaban J connectivity index is 2.24. The molecule has 2 atom stereocenters. The van der Waals surface area contributed by atoms with Gasteiger partial charge >= 0.3 is 0 Å². The minimum atomic E-state index is -0.0209. The fraction of sp³-hybridized carbons (Fsp3) is 0.462. The van der Waals surface area contributed by atoms with Gasteiger partial charge in [0.1, 0.15) is 0 Å². The Morgan fingerprint density at radius 1 is 1.38 bits per heavy atom. The van der Waals surface area contributed by atoms with Crippen LogP contribution in [-0.4, -0.2) is 37.5 Å². The standard InChI is InChI=1S/C13H18N2O/c1-14-13(16)12-11(8-9-15(12)2)10-6-4-3-5-7-10/h3-7,11-12H,8-9H2,1-2H3,(H,14,16). The lowest BCUT2D eigenvalue weighted by atomic mass is 9.91. The van der Waals surface area contributed by atoms with Crippen molar-refractivity contribution < 1.29 is 4.79 Å². The SMILES string of the molecule is CNC(=O)C1C(c2ccccc2)CCN1C. The van der Waals surface area contributed by atoms with Crippen LogP contribution in [0, 0.1) is 0 Å². The first kappa shape index (κ1) is 11.1. The molecular weight excluding hydrogens is 200 g/mol. The van der Waals surface area contributed by atoms with Crippen LogP contribution in [0.4, 0.5) is 0 Å². The summed E-state index contributed by atoms with van der Waals surface area (Å²) in [4.78, 5) is 14.0. The third kappa shape index (κ3) is 1.95. The van der Waals surface area contributed by atoms with Gasteiger partial charge in [0.2, 0.25) is 5.91 Å². The van der Waals surface area contributed by atoms with Crippen LogP contribution in [0.3, 0.4) is 0 Å². The molecule has 0 aliphatic carbocycles. The van der Waals surface area contributed by atoms with Crippen LogP contribution in [0.2, 0.25) is 0 Å². The maximum Gasteiger partial charge on any atom is 0.237 e. The molecule has 0 bridgehead atoms. The van der Waals surface area contributed by atoms with Gasteiger partial charge in [-0.1, -0.05) is 30.3 Å². The van der Waals surface area contributed by atoms with Crippen molar-refractivity contribution in [3.8, 4) is 0 Å². The average molecular weight is 218 g/mol. The van der Waals surface area contributed by atoms with Crippen molar-refractivity contribution in [2.45, 2.75) is 18.4 Å². The summed E-state index contributed by atoms with van der Waals surface area (Å²) in [6.45, 7) is 0.984. The van der Waals surface area contributed by atoms with Crippen molar-refractivity contribution in [2.24, 2.45) is 0 Å². The Morgan fingerprint density at radius 2 is 2.06 bits per heavy atom. The second-order valence-electron chi connectivity index (χ2n) is 4.35. The van der Waals surface area contributed by atoms with E-state index in [1.807, 2.05) is 25.2 Å². The molecule has 0 radical (unpaired) electrons. The maximum absolute atomic E-state index is 11.9. The van der Waals surface area contributed by atoms with Gasteiger partial charge < -0.3 is 5.32 Å². The van der Waals surface area contributed by atoms with Crippen LogP contribution in [-0.2, 0) is 4.79 Å². The predicted octanol–water partition coefficient (Wildman–Crippen LogP) is 1.22. The summed E-state index contributed by atoms with van der Waals surface area (Å²) in [5, 5.41) is 2.76. The molecule has 1 aliphatic heterocycles. The van der Waals surface area contributed by atoms with Gasteiger partial charge in [-0.15, -0.1) is 0 Å². The van der Waals surface area contributed by atoms with Gasteiger partial charge in [-0.25, -0.2) is 0 Å². The van der Waals surface area contributed by atoms with Crippen molar-refractivity contribution in [3.63, 3.8) is 0 Å². The minimum Gasteiger partial charge on any atom is -0.358 e. The third-order valence-electron chi connectivity index (χ3n) is 3.39. The quantitative estimate of drug-likeness (QED) is 0.809. The van der Waals surface area contributed by atoms with E-state index in [1.54, 1.807) is 7.05 Å². The Kier molecular flexibility index (Phi) is 3.25. The molecule has 1 amide bonds. The van der Waals surface area contributed by atoms with Gasteiger partial charge in [0.25, 0.3) is 0 Å². The maximum atomic E-state index is 11.9. The highest BCUT2D eigenvalue weighted by atomic mass is 16.2. The van der Waals surface area contributed by atoms with E-state index in [4.69, 9.17) is 0 Å². The Morgan fingerprint density at radius 3 is 2.69 bits per heavy atom. The molecule has 1 fully saturated rings. The third-order valence-corrected chi connectivity index (χ3v) is 3.39. The molecule has 1 aliphatic rings. The molecule has 2 unspecified atom stereocenters. The Hall–Kier alpha value is -1.35. The van der Waals surface area contributed by atoms with Crippen LogP contribution in [0.15, 0.2) is 30.3 Å². The summed E-state index contributed by atoms with van der Waals surface area (Å²) in [7, 11) is 3.72. The molecule has 1 aromatic rings. The number of hydrogen-bond acceptors (Lipinski definition) is 2. The number of amides is 1. The molecule has 1 N–H and O–H groups in total. The molecule has 1 heterocycles. The normalized spacial score (nSPS) is 25.6. The highest BCUT2D eigenvalue weighted by molar-refractivity contribution is 5.83. The molecule has 2 rings (SSSR count). The van der Waals surface area contributed by atoms with E-state index in [0.29, 0.717) is 5.92 Å². The second-order valence-corrected chi connectivity index (χ2v) is 4.35. The number of carbonyl (C=O) groups is 1. The van der Waals surface area contributed by atoms with E-state index in [-0.39, 0.29) is 11.9 Å². The largest absolute Gasteiger partial charge is 0.358 e. The van der Waals surface area contributed by atoms with Crippen LogP contribution in [0.25, 0.3) is 0 Å². The fourth-order valence-electron chi connectivity index (χ4n) is 2.53. The molecule has 86 valence electrons.